The molecule has 0 aromatic carbocycles. The summed E-state index contributed by atoms with van der Waals surface area (Å²) in [4.78, 5) is 4.73. The van der Waals surface area contributed by atoms with Crippen LogP contribution in [0.4, 0.5) is 0 Å². The van der Waals surface area contributed by atoms with Gasteiger partial charge in [-0.3, -0.25) is 0 Å². The van der Waals surface area contributed by atoms with Gasteiger partial charge in [0.15, 0.2) is 0 Å². The number of hydrogen-bond acceptors (Lipinski definition) is 3. The highest BCUT2D eigenvalue weighted by molar-refractivity contribution is 4.65. The van der Waals surface area contributed by atoms with E-state index in [-0.39, 0.29) is 0 Å². The summed E-state index contributed by atoms with van der Waals surface area (Å²) in [6.45, 7) is 9.70. The molecule has 0 spiro atoms. The first-order valence-corrected chi connectivity index (χ1v) is 6.26. The summed E-state index contributed by atoms with van der Waals surface area (Å²) >= 11 is 0. The largest absolute Gasteiger partial charge is 0.314 e. The van der Waals surface area contributed by atoms with Crippen LogP contribution in [0.3, 0.4) is 0 Å². The van der Waals surface area contributed by atoms with Gasteiger partial charge in [0.2, 0.25) is 0 Å². The van der Waals surface area contributed by atoms with Crippen molar-refractivity contribution >= 4 is 0 Å². The smallest absolute Gasteiger partial charge is 0.0104 e. The first-order chi connectivity index (χ1) is 7.18. The van der Waals surface area contributed by atoms with Gasteiger partial charge in [-0.05, 0) is 45.9 Å². The maximum Gasteiger partial charge on any atom is 0.0104 e. The SMILES string of the molecule is CC1CCN(C)CC1.CN1CCNCC1. The number of hydrogen-bond donors (Lipinski definition) is 1. The van der Waals surface area contributed by atoms with Gasteiger partial charge in [0.05, 0.1) is 0 Å². The van der Waals surface area contributed by atoms with E-state index in [2.05, 4.69) is 36.1 Å². The van der Waals surface area contributed by atoms with Gasteiger partial charge < -0.3 is 15.1 Å². The van der Waals surface area contributed by atoms with Gasteiger partial charge in [0.1, 0.15) is 0 Å². The van der Waals surface area contributed by atoms with E-state index in [1.54, 1.807) is 0 Å². The zero-order valence-corrected chi connectivity index (χ0v) is 10.6. The minimum atomic E-state index is 0.978. The minimum Gasteiger partial charge on any atom is -0.314 e. The van der Waals surface area contributed by atoms with Gasteiger partial charge in [-0.15, -0.1) is 0 Å². The van der Waals surface area contributed by atoms with Crippen molar-refractivity contribution < 1.29 is 0 Å². The fourth-order valence-corrected chi connectivity index (χ4v) is 1.91. The average Bonchev–Trinajstić information content (AvgIpc) is 2.25. The predicted octanol–water partition coefficient (Wildman–Crippen LogP) is 0.870. The maximum atomic E-state index is 3.27. The van der Waals surface area contributed by atoms with E-state index in [1.807, 2.05) is 0 Å². The lowest BCUT2D eigenvalue weighted by molar-refractivity contribution is 0.230. The van der Waals surface area contributed by atoms with E-state index in [9.17, 15) is 0 Å². The summed E-state index contributed by atoms with van der Waals surface area (Å²) in [7, 11) is 4.35. The number of rotatable bonds is 0. The Hall–Kier alpha value is -0.120. The molecule has 0 aromatic heterocycles. The molecule has 0 atom stereocenters. The van der Waals surface area contributed by atoms with Crippen LogP contribution < -0.4 is 5.32 Å². The molecule has 2 aliphatic heterocycles. The number of piperazine rings is 1. The molecule has 2 saturated heterocycles. The standard InChI is InChI=1S/C7H15N.C5H12N2/c1-7-3-5-8(2)6-4-7;1-7-4-2-6-3-5-7/h7H,3-6H2,1-2H3;6H,2-5H2,1H3. The molecule has 0 aliphatic carbocycles. The lowest BCUT2D eigenvalue weighted by Crippen LogP contribution is -2.40. The fraction of sp³-hybridized carbons (Fsp3) is 1.00. The molecule has 2 rings (SSSR count). The Morgan fingerprint density at radius 2 is 1.33 bits per heavy atom. The van der Waals surface area contributed by atoms with Crippen molar-refractivity contribution in [3.8, 4) is 0 Å². The number of likely N-dealkylation sites (N-methyl/N-ethyl adjacent to an activating group) is 1. The second kappa shape index (κ2) is 7.20. The van der Waals surface area contributed by atoms with E-state index in [0.29, 0.717) is 0 Å². The summed E-state index contributed by atoms with van der Waals surface area (Å²) in [6, 6.07) is 0. The van der Waals surface area contributed by atoms with Crippen LogP contribution in [0.25, 0.3) is 0 Å². The van der Waals surface area contributed by atoms with Crippen LogP contribution in [0.15, 0.2) is 0 Å². The van der Waals surface area contributed by atoms with Crippen LogP contribution >= 0.6 is 0 Å². The molecule has 0 aromatic rings. The van der Waals surface area contributed by atoms with Crippen molar-refractivity contribution in [3.63, 3.8) is 0 Å². The van der Waals surface area contributed by atoms with Crippen LogP contribution in [0.5, 0.6) is 0 Å². The molecule has 0 bridgehead atoms. The molecule has 90 valence electrons. The number of likely N-dealkylation sites (tertiary alicyclic amines) is 1. The van der Waals surface area contributed by atoms with Crippen molar-refractivity contribution in [1.29, 1.82) is 0 Å². The highest BCUT2D eigenvalue weighted by Crippen LogP contribution is 2.13. The van der Waals surface area contributed by atoms with E-state index >= 15 is 0 Å². The van der Waals surface area contributed by atoms with Gasteiger partial charge >= 0.3 is 0 Å². The van der Waals surface area contributed by atoms with Crippen molar-refractivity contribution in [1.82, 2.24) is 15.1 Å². The predicted molar refractivity (Wildman–Crippen MR) is 66.3 cm³/mol. The number of nitrogens with zero attached hydrogens (tertiary/aromatic N) is 2. The highest BCUT2D eigenvalue weighted by Gasteiger charge is 2.10. The molecule has 3 nitrogen and oxygen atoms in total. The first-order valence-electron chi connectivity index (χ1n) is 6.26. The normalized spacial score (nSPS) is 25.8. The topological polar surface area (TPSA) is 18.5 Å². The summed E-state index contributed by atoms with van der Waals surface area (Å²) in [6.07, 6.45) is 2.80. The molecule has 0 amide bonds. The number of nitrogens with one attached hydrogen (secondary N) is 1. The molecule has 0 saturated carbocycles. The average molecular weight is 213 g/mol. The van der Waals surface area contributed by atoms with Crippen LogP contribution in [0.1, 0.15) is 19.8 Å². The van der Waals surface area contributed by atoms with Crippen molar-refractivity contribution in [2.75, 3.05) is 53.4 Å². The molecule has 15 heavy (non-hydrogen) atoms. The van der Waals surface area contributed by atoms with Crippen molar-refractivity contribution in [3.05, 3.63) is 0 Å². The highest BCUT2D eigenvalue weighted by atomic mass is 15.2. The zero-order chi connectivity index (χ0) is 11.1. The molecule has 2 aliphatic rings. The van der Waals surface area contributed by atoms with Crippen molar-refractivity contribution in [2.24, 2.45) is 5.92 Å². The maximum absolute atomic E-state index is 3.27. The third kappa shape index (κ3) is 6.13. The molecule has 2 heterocycles. The van der Waals surface area contributed by atoms with Crippen LogP contribution in [-0.4, -0.2) is 63.2 Å². The van der Waals surface area contributed by atoms with E-state index in [1.165, 1.54) is 39.0 Å². The Labute approximate surface area is 94.8 Å². The monoisotopic (exact) mass is 213 g/mol. The zero-order valence-electron chi connectivity index (χ0n) is 10.6. The van der Waals surface area contributed by atoms with Crippen molar-refractivity contribution in [2.45, 2.75) is 19.8 Å². The molecule has 0 unspecified atom stereocenters. The minimum absolute atomic E-state index is 0.978. The Kier molecular flexibility index (Phi) is 6.22. The first kappa shape index (κ1) is 12.9. The van der Waals surface area contributed by atoms with Crippen LogP contribution in [0, 0.1) is 5.92 Å². The molecular formula is C12H27N3. The Morgan fingerprint density at radius 3 is 1.67 bits per heavy atom. The Bertz CT molecular complexity index is 137. The van der Waals surface area contributed by atoms with Crippen LogP contribution in [-0.2, 0) is 0 Å². The number of piperidine rings is 1. The quantitative estimate of drug-likeness (QED) is 0.644. The summed E-state index contributed by atoms with van der Waals surface area (Å²) in [5, 5.41) is 3.27. The van der Waals surface area contributed by atoms with Gasteiger partial charge in [0, 0.05) is 26.2 Å². The van der Waals surface area contributed by atoms with E-state index in [4.69, 9.17) is 0 Å². The summed E-state index contributed by atoms with van der Waals surface area (Å²) < 4.78 is 0. The second-order valence-electron chi connectivity index (χ2n) is 5.04. The third-order valence-electron chi connectivity index (χ3n) is 3.35. The third-order valence-corrected chi connectivity index (χ3v) is 3.35. The molecule has 2 fully saturated rings. The molecule has 3 heteroatoms. The lowest BCUT2D eigenvalue weighted by atomic mass is 10.00. The van der Waals surface area contributed by atoms with Gasteiger partial charge in [-0.2, -0.15) is 0 Å². The van der Waals surface area contributed by atoms with Gasteiger partial charge in [-0.25, -0.2) is 0 Å². The Morgan fingerprint density at radius 1 is 0.867 bits per heavy atom. The fourth-order valence-electron chi connectivity index (χ4n) is 1.91. The lowest BCUT2D eigenvalue weighted by Gasteiger charge is -2.26. The second-order valence-corrected chi connectivity index (χ2v) is 5.04. The summed E-state index contributed by atoms with van der Waals surface area (Å²) in [5.74, 6) is 0.978. The van der Waals surface area contributed by atoms with Crippen LogP contribution in [0.2, 0.25) is 0 Å². The summed E-state index contributed by atoms with van der Waals surface area (Å²) in [5.41, 5.74) is 0. The van der Waals surface area contributed by atoms with E-state index in [0.717, 1.165) is 19.0 Å². The molecular weight excluding hydrogens is 186 g/mol. The van der Waals surface area contributed by atoms with Gasteiger partial charge in [-0.1, -0.05) is 6.92 Å². The van der Waals surface area contributed by atoms with E-state index < -0.39 is 0 Å². The molecule has 0 radical (unpaired) electrons. The Balaban J connectivity index is 0.000000151. The van der Waals surface area contributed by atoms with Gasteiger partial charge in [0.25, 0.3) is 0 Å². The molecule has 1 N–H and O–H groups in total.